The van der Waals surface area contributed by atoms with Gasteiger partial charge in [0, 0.05) is 30.2 Å². The molecule has 0 saturated carbocycles. The number of nitrogens with one attached hydrogen (secondary N) is 3. The van der Waals surface area contributed by atoms with Gasteiger partial charge < -0.3 is 10.3 Å². The predicted octanol–water partition coefficient (Wildman–Crippen LogP) is 1.97. The van der Waals surface area contributed by atoms with E-state index in [1.165, 1.54) is 54.6 Å². The Hall–Kier alpha value is -3.04. The number of hydrogen-bond acceptors (Lipinski definition) is 4. The molecule has 0 atom stereocenters. The number of aromatic amines is 1. The number of amides is 1. The number of H-pyrrole nitrogens is 1. The summed E-state index contributed by atoms with van der Waals surface area (Å²) in [5.41, 5.74) is 0.677. The summed E-state index contributed by atoms with van der Waals surface area (Å²) in [4.78, 5) is 25.8. The number of hydrogen-bond donors (Lipinski definition) is 3. The Morgan fingerprint density at radius 2 is 1.78 bits per heavy atom. The van der Waals surface area contributed by atoms with Crippen LogP contribution in [0, 0.1) is 5.82 Å². The molecule has 2 aromatic carbocycles. The smallest absolute Gasteiger partial charge is 0.248 e. The van der Waals surface area contributed by atoms with Crippen molar-refractivity contribution >= 4 is 32.5 Å². The van der Waals surface area contributed by atoms with Gasteiger partial charge in [-0.3, -0.25) is 9.59 Å². The number of carbonyl (C=O) groups excluding carboxylic acids is 1. The fourth-order valence-electron chi connectivity index (χ4n) is 2.44. The van der Waals surface area contributed by atoms with Crippen LogP contribution in [0.4, 0.5) is 10.1 Å². The molecule has 140 valence electrons. The van der Waals surface area contributed by atoms with Crippen LogP contribution in [0.25, 0.3) is 10.9 Å². The fourth-order valence-corrected chi connectivity index (χ4v) is 3.51. The van der Waals surface area contributed by atoms with E-state index in [1.807, 2.05) is 0 Å². The molecule has 0 fully saturated rings. The van der Waals surface area contributed by atoms with Gasteiger partial charge in [-0.25, -0.2) is 17.5 Å². The predicted molar refractivity (Wildman–Crippen MR) is 99.4 cm³/mol. The molecular formula is C18H16FN3O4S. The lowest BCUT2D eigenvalue weighted by Gasteiger charge is -2.08. The first kappa shape index (κ1) is 18.7. The number of carbonyl (C=O) groups is 1. The average molecular weight is 389 g/mol. The average Bonchev–Trinajstić information content (AvgIpc) is 2.63. The minimum absolute atomic E-state index is 0.0287. The fraction of sp³-hybridized carbons (Fsp3) is 0.111. The van der Waals surface area contributed by atoms with Crippen molar-refractivity contribution in [2.24, 2.45) is 0 Å². The quantitative estimate of drug-likeness (QED) is 0.599. The molecule has 0 saturated heterocycles. The molecule has 3 N–H and O–H groups in total. The molecule has 0 radical (unpaired) electrons. The van der Waals surface area contributed by atoms with Crippen molar-refractivity contribution in [1.82, 2.24) is 9.71 Å². The second kappa shape index (κ2) is 7.68. The summed E-state index contributed by atoms with van der Waals surface area (Å²) in [6.07, 6.45) is -0.0858. The van der Waals surface area contributed by atoms with Crippen molar-refractivity contribution in [3.8, 4) is 0 Å². The van der Waals surface area contributed by atoms with Crippen molar-refractivity contribution in [1.29, 1.82) is 0 Å². The first-order valence-electron chi connectivity index (χ1n) is 8.02. The van der Waals surface area contributed by atoms with Gasteiger partial charge in [0.15, 0.2) is 0 Å². The topological polar surface area (TPSA) is 108 Å². The van der Waals surface area contributed by atoms with E-state index in [0.717, 1.165) is 0 Å². The normalized spacial score (nSPS) is 11.4. The molecule has 1 aromatic heterocycles. The van der Waals surface area contributed by atoms with Gasteiger partial charge in [-0.2, -0.15) is 0 Å². The summed E-state index contributed by atoms with van der Waals surface area (Å²) in [6, 6.07) is 12.4. The number of halogens is 1. The number of anilines is 1. The van der Waals surface area contributed by atoms with Gasteiger partial charge in [-0.1, -0.05) is 0 Å². The zero-order chi connectivity index (χ0) is 19.4. The molecule has 0 bridgehead atoms. The van der Waals surface area contributed by atoms with E-state index in [2.05, 4.69) is 15.0 Å². The lowest BCUT2D eigenvalue weighted by atomic mass is 10.2. The molecule has 1 amide bonds. The lowest BCUT2D eigenvalue weighted by molar-refractivity contribution is -0.116. The molecule has 0 aliphatic heterocycles. The number of benzene rings is 2. The van der Waals surface area contributed by atoms with Crippen LogP contribution in [-0.4, -0.2) is 25.9 Å². The van der Waals surface area contributed by atoms with E-state index < -0.39 is 21.7 Å². The second-order valence-corrected chi connectivity index (χ2v) is 7.54. The summed E-state index contributed by atoms with van der Waals surface area (Å²) >= 11 is 0. The molecule has 1 heterocycles. The van der Waals surface area contributed by atoms with Crippen molar-refractivity contribution in [2.75, 3.05) is 11.9 Å². The van der Waals surface area contributed by atoms with Crippen LogP contribution in [0.2, 0.25) is 0 Å². The van der Waals surface area contributed by atoms with Crippen molar-refractivity contribution < 1.29 is 17.6 Å². The van der Waals surface area contributed by atoms with Gasteiger partial charge in [-0.05, 0) is 53.9 Å². The van der Waals surface area contributed by atoms with Crippen LogP contribution in [-0.2, 0) is 14.8 Å². The van der Waals surface area contributed by atoms with Crippen LogP contribution < -0.4 is 15.6 Å². The first-order valence-corrected chi connectivity index (χ1v) is 9.50. The third-order valence-electron chi connectivity index (χ3n) is 3.78. The van der Waals surface area contributed by atoms with E-state index in [1.54, 1.807) is 0 Å². The van der Waals surface area contributed by atoms with Crippen molar-refractivity contribution in [3.63, 3.8) is 0 Å². The Labute approximate surface area is 154 Å². The summed E-state index contributed by atoms with van der Waals surface area (Å²) in [5.74, 6) is -0.819. The minimum atomic E-state index is -3.81. The summed E-state index contributed by atoms with van der Waals surface area (Å²) in [7, 11) is -3.81. The summed E-state index contributed by atoms with van der Waals surface area (Å²) in [5, 5.41) is 3.13. The van der Waals surface area contributed by atoms with Gasteiger partial charge >= 0.3 is 0 Å². The number of fused-ring (bicyclic) bond motifs is 1. The number of sulfonamides is 1. The highest BCUT2D eigenvalue weighted by Gasteiger charge is 2.15. The third-order valence-corrected chi connectivity index (χ3v) is 5.24. The molecule has 0 aliphatic rings. The Bertz CT molecular complexity index is 1140. The maximum atomic E-state index is 12.8. The Morgan fingerprint density at radius 3 is 2.52 bits per heavy atom. The van der Waals surface area contributed by atoms with Crippen LogP contribution in [0.5, 0.6) is 0 Å². The lowest BCUT2D eigenvalue weighted by Crippen LogP contribution is -2.27. The molecule has 9 heteroatoms. The monoisotopic (exact) mass is 389 g/mol. The molecule has 3 aromatic rings. The molecule has 7 nitrogen and oxygen atoms in total. The SMILES string of the molecule is O=C(CCNS(=O)(=O)c1ccc2[nH]c(=O)ccc2c1)Nc1ccc(F)cc1. The minimum Gasteiger partial charge on any atom is -0.326 e. The number of aromatic nitrogens is 1. The van der Waals surface area contributed by atoms with Crippen LogP contribution in [0.15, 0.2) is 64.3 Å². The largest absolute Gasteiger partial charge is 0.326 e. The standard InChI is InChI=1S/C18H16FN3O4S/c19-13-2-4-14(5-3-13)21-18(24)9-10-20-27(25,26)15-6-7-16-12(11-15)1-8-17(23)22-16/h1-8,11,20H,9-10H2,(H,21,24)(H,22,23). The molecule has 3 rings (SSSR count). The maximum absolute atomic E-state index is 12.8. The van der Waals surface area contributed by atoms with E-state index in [-0.39, 0.29) is 23.4 Å². The van der Waals surface area contributed by atoms with Gasteiger partial charge in [-0.15, -0.1) is 0 Å². The maximum Gasteiger partial charge on any atom is 0.248 e. The van der Waals surface area contributed by atoms with Gasteiger partial charge in [0.25, 0.3) is 0 Å². The zero-order valence-corrected chi connectivity index (χ0v) is 14.8. The Kier molecular flexibility index (Phi) is 5.33. The highest BCUT2D eigenvalue weighted by atomic mass is 32.2. The third kappa shape index (κ3) is 4.78. The number of rotatable bonds is 6. The number of pyridine rings is 1. The van der Waals surface area contributed by atoms with Crippen LogP contribution >= 0.6 is 0 Å². The van der Waals surface area contributed by atoms with Crippen LogP contribution in [0.1, 0.15) is 6.42 Å². The zero-order valence-electron chi connectivity index (χ0n) is 14.0. The second-order valence-electron chi connectivity index (χ2n) is 5.77. The molecule has 0 spiro atoms. The highest BCUT2D eigenvalue weighted by molar-refractivity contribution is 7.89. The van der Waals surface area contributed by atoms with Crippen LogP contribution in [0.3, 0.4) is 0 Å². The summed E-state index contributed by atoms with van der Waals surface area (Å²) in [6.45, 7) is -0.0982. The van der Waals surface area contributed by atoms with Gasteiger partial charge in [0.05, 0.1) is 4.90 Å². The van der Waals surface area contributed by atoms with Crippen molar-refractivity contribution in [2.45, 2.75) is 11.3 Å². The van der Waals surface area contributed by atoms with Crippen molar-refractivity contribution in [3.05, 3.63) is 70.8 Å². The van der Waals surface area contributed by atoms with Gasteiger partial charge in [0.1, 0.15) is 5.82 Å². The molecule has 27 heavy (non-hydrogen) atoms. The highest BCUT2D eigenvalue weighted by Crippen LogP contribution is 2.16. The van der Waals surface area contributed by atoms with Gasteiger partial charge in [0.2, 0.25) is 21.5 Å². The molecular weight excluding hydrogens is 373 g/mol. The molecule has 0 aliphatic carbocycles. The van der Waals surface area contributed by atoms with E-state index in [9.17, 15) is 22.4 Å². The van der Waals surface area contributed by atoms with E-state index in [4.69, 9.17) is 0 Å². The Balaban J connectivity index is 1.61. The van der Waals surface area contributed by atoms with E-state index in [0.29, 0.717) is 16.6 Å². The van der Waals surface area contributed by atoms with E-state index >= 15 is 0 Å². The molecule has 0 unspecified atom stereocenters. The summed E-state index contributed by atoms with van der Waals surface area (Å²) < 4.78 is 39.9. The Morgan fingerprint density at radius 1 is 1.04 bits per heavy atom. The first-order chi connectivity index (χ1) is 12.8.